The molecule has 4 N–H and O–H groups in total. The van der Waals surface area contributed by atoms with Crippen molar-refractivity contribution in [3.8, 4) is 5.75 Å². The average molecular weight is 406 g/mol. The van der Waals surface area contributed by atoms with Gasteiger partial charge in [-0.3, -0.25) is 14.4 Å². The first-order valence-corrected chi connectivity index (χ1v) is 10.1. The van der Waals surface area contributed by atoms with E-state index in [1.165, 1.54) is 0 Å². The Morgan fingerprint density at radius 3 is 2.76 bits per heavy atom. The minimum atomic E-state index is -0.901. The smallest absolute Gasteiger partial charge is 0.308 e. The standard InChI is InChI=1S/C21H30N2O6/c1-2-3-9-18(20(26)22-17-10-5-8-16(17)21(27)28)23-19(25)14-6-4-7-15(13-14)29-12-11-24/h4,6-7,13,16-18,24H,2-3,5,8-12H2,1H3,(H,22,26)(H,23,25)(H,27,28)/t16-,17+,18+/m1/s1. The van der Waals surface area contributed by atoms with Gasteiger partial charge in [-0.15, -0.1) is 0 Å². The number of carbonyl (C=O) groups excluding carboxylic acids is 2. The summed E-state index contributed by atoms with van der Waals surface area (Å²) >= 11 is 0. The summed E-state index contributed by atoms with van der Waals surface area (Å²) in [6, 6.07) is 5.37. The molecule has 0 aliphatic heterocycles. The van der Waals surface area contributed by atoms with Crippen molar-refractivity contribution in [2.24, 2.45) is 5.92 Å². The fraction of sp³-hybridized carbons (Fsp3) is 0.571. The molecule has 1 saturated carbocycles. The van der Waals surface area contributed by atoms with E-state index in [0.717, 1.165) is 19.3 Å². The van der Waals surface area contributed by atoms with Crippen molar-refractivity contribution < 1.29 is 29.3 Å². The number of amides is 2. The second-order valence-corrected chi connectivity index (χ2v) is 7.26. The van der Waals surface area contributed by atoms with Gasteiger partial charge in [0.25, 0.3) is 5.91 Å². The first kappa shape index (κ1) is 22.7. The molecule has 1 aromatic rings. The van der Waals surface area contributed by atoms with Gasteiger partial charge in [0.1, 0.15) is 18.4 Å². The van der Waals surface area contributed by atoms with Gasteiger partial charge in [0.05, 0.1) is 12.5 Å². The molecule has 0 aromatic heterocycles. The third kappa shape index (κ3) is 6.74. The highest BCUT2D eigenvalue weighted by Crippen LogP contribution is 2.26. The van der Waals surface area contributed by atoms with Gasteiger partial charge in [-0.2, -0.15) is 0 Å². The molecule has 0 bridgehead atoms. The number of nitrogens with one attached hydrogen (secondary N) is 2. The van der Waals surface area contributed by atoms with E-state index >= 15 is 0 Å². The van der Waals surface area contributed by atoms with Crippen LogP contribution < -0.4 is 15.4 Å². The van der Waals surface area contributed by atoms with Crippen LogP contribution in [0.2, 0.25) is 0 Å². The third-order valence-electron chi connectivity index (χ3n) is 5.09. The van der Waals surface area contributed by atoms with E-state index in [2.05, 4.69) is 10.6 Å². The lowest BCUT2D eigenvalue weighted by atomic mass is 10.0. The van der Waals surface area contributed by atoms with E-state index in [4.69, 9.17) is 9.84 Å². The molecule has 8 heteroatoms. The Morgan fingerprint density at radius 2 is 2.07 bits per heavy atom. The largest absolute Gasteiger partial charge is 0.491 e. The number of carboxylic acids is 1. The molecule has 1 aliphatic rings. The van der Waals surface area contributed by atoms with Crippen LogP contribution in [0.1, 0.15) is 55.8 Å². The molecule has 0 spiro atoms. The predicted octanol–water partition coefficient (Wildman–Crippen LogP) is 1.72. The topological polar surface area (TPSA) is 125 Å². The second-order valence-electron chi connectivity index (χ2n) is 7.26. The van der Waals surface area contributed by atoms with Crippen molar-refractivity contribution in [3.05, 3.63) is 29.8 Å². The Bertz CT molecular complexity index is 708. The van der Waals surface area contributed by atoms with Crippen molar-refractivity contribution in [1.29, 1.82) is 0 Å². The molecule has 2 amide bonds. The normalized spacial score (nSPS) is 19.4. The zero-order chi connectivity index (χ0) is 21.2. The highest BCUT2D eigenvalue weighted by atomic mass is 16.5. The molecule has 2 rings (SSSR count). The summed E-state index contributed by atoms with van der Waals surface area (Å²) in [5, 5.41) is 23.8. The van der Waals surface area contributed by atoms with Crippen molar-refractivity contribution in [2.45, 2.75) is 57.5 Å². The van der Waals surface area contributed by atoms with E-state index in [-0.39, 0.29) is 19.1 Å². The number of aliphatic hydroxyl groups excluding tert-OH is 1. The molecule has 3 atom stereocenters. The maximum Gasteiger partial charge on any atom is 0.308 e. The number of hydrogen-bond donors (Lipinski definition) is 4. The van der Waals surface area contributed by atoms with Crippen LogP contribution in [-0.2, 0) is 9.59 Å². The maximum atomic E-state index is 12.8. The number of carboxylic acid groups (broad SMARTS) is 1. The van der Waals surface area contributed by atoms with Crippen LogP contribution in [0.5, 0.6) is 5.75 Å². The van der Waals surface area contributed by atoms with Gasteiger partial charge in [-0.1, -0.05) is 32.3 Å². The molecule has 0 radical (unpaired) electrons. The fourth-order valence-electron chi connectivity index (χ4n) is 3.52. The zero-order valence-corrected chi connectivity index (χ0v) is 16.7. The second kappa shape index (κ2) is 11.4. The number of aliphatic hydroxyl groups is 1. The minimum absolute atomic E-state index is 0.124. The molecule has 0 heterocycles. The van der Waals surface area contributed by atoms with Crippen molar-refractivity contribution in [3.63, 3.8) is 0 Å². The predicted molar refractivity (Wildman–Crippen MR) is 107 cm³/mol. The fourth-order valence-corrected chi connectivity index (χ4v) is 3.52. The molecule has 29 heavy (non-hydrogen) atoms. The van der Waals surface area contributed by atoms with Gasteiger partial charge in [0.15, 0.2) is 0 Å². The Balaban J connectivity index is 2.04. The average Bonchev–Trinajstić information content (AvgIpc) is 3.17. The van der Waals surface area contributed by atoms with Crippen molar-refractivity contribution in [1.82, 2.24) is 10.6 Å². The Kier molecular flexibility index (Phi) is 8.92. The summed E-state index contributed by atoms with van der Waals surface area (Å²) in [7, 11) is 0. The van der Waals surface area contributed by atoms with Crippen LogP contribution in [0, 0.1) is 5.92 Å². The van der Waals surface area contributed by atoms with Crippen LogP contribution in [0.3, 0.4) is 0 Å². The lowest BCUT2D eigenvalue weighted by Crippen LogP contribution is -2.51. The monoisotopic (exact) mass is 406 g/mol. The molecule has 160 valence electrons. The van der Waals surface area contributed by atoms with Crippen LogP contribution in [0.25, 0.3) is 0 Å². The van der Waals surface area contributed by atoms with E-state index in [1.54, 1.807) is 24.3 Å². The molecule has 1 aliphatic carbocycles. The van der Waals surface area contributed by atoms with Gasteiger partial charge in [-0.25, -0.2) is 0 Å². The van der Waals surface area contributed by atoms with E-state index in [1.807, 2.05) is 6.92 Å². The zero-order valence-electron chi connectivity index (χ0n) is 16.7. The number of ether oxygens (including phenoxy) is 1. The molecule has 0 unspecified atom stereocenters. The summed E-state index contributed by atoms with van der Waals surface area (Å²) in [6.45, 7) is 1.99. The minimum Gasteiger partial charge on any atom is -0.491 e. The quantitative estimate of drug-likeness (QED) is 0.443. The van der Waals surface area contributed by atoms with Gasteiger partial charge in [0.2, 0.25) is 5.91 Å². The molecule has 0 saturated heterocycles. The van der Waals surface area contributed by atoms with Crippen LogP contribution >= 0.6 is 0 Å². The maximum absolute atomic E-state index is 12.8. The van der Waals surface area contributed by atoms with Crippen molar-refractivity contribution >= 4 is 17.8 Å². The highest BCUT2D eigenvalue weighted by molar-refractivity contribution is 5.98. The van der Waals surface area contributed by atoms with E-state index in [0.29, 0.717) is 30.6 Å². The molecule has 1 fully saturated rings. The first-order valence-electron chi connectivity index (χ1n) is 10.1. The van der Waals surface area contributed by atoms with Gasteiger partial charge in [0, 0.05) is 11.6 Å². The number of rotatable bonds is 11. The lowest BCUT2D eigenvalue weighted by molar-refractivity contribution is -0.142. The van der Waals surface area contributed by atoms with Gasteiger partial charge >= 0.3 is 5.97 Å². The first-order chi connectivity index (χ1) is 14.0. The molecular weight excluding hydrogens is 376 g/mol. The Hall–Kier alpha value is -2.61. The van der Waals surface area contributed by atoms with Crippen molar-refractivity contribution in [2.75, 3.05) is 13.2 Å². The van der Waals surface area contributed by atoms with Crippen LogP contribution in [-0.4, -0.2) is 53.3 Å². The Morgan fingerprint density at radius 1 is 1.28 bits per heavy atom. The van der Waals surface area contributed by atoms with E-state index < -0.39 is 29.9 Å². The highest BCUT2D eigenvalue weighted by Gasteiger charge is 2.35. The summed E-state index contributed by atoms with van der Waals surface area (Å²) in [5.41, 5.74) is 0.346. The number of unbranched alkanes of at least 4 members (excludes halogenated alkanes) is 1. The van der Waals surface area contributed by atoms with Crippen LogP contribution in [0.4, 0.5) is 0 Å². The van der Waals surface area contributed by atoms with E-state index in [9.17, 15) is 19.5 Å². The molecular formula is C21H30N2O6. The number of hydrogen-bond acceptors (Lipinski definition) is 5. The Labute approximate surface area is 170 Å². The summed E-state index contributed by atoms with van der Waals surface area (Å²) in [4.78, 5) is 36.8. The number of benzene rings is 1. The van der Waals surface area contributed by atoms with Crippen LogP contribution in [0.15, 0.2) is 24.3 Å². The SMILES string of the molecule is CCCC[C@H](NC(=O)c1cccc(OCCO)c1)C(=O)N[C@H]1CCC[C@H]1C(=O)O. The lowest BCUT2D eigenvalue weighted by Gasteiger charge is -2.23. The summed E-state index contributed by atoms with van der Waals surface area (Å²) < 4.78 is 5.32. The summed E-state index contributed by atoms with van der Waals surface area (Å²) in [5.74, 6) is -1.78. The summed E-state index contributed by atoms with van der Waals surface area (Å²) in [6.07, 6.45) is 4.03. The number of aliphatic carboxylic acids is 1. The molecule has 1 aromatic carbocycles. The van der Waals surface area contributed by atoms with Gasteiger partial charge in [-0.05, 0) is 37.5 Å². The van der Waals surface area contributed by atoms with Gasteiger partial charge < -0.3 is 25.6 Å². The number of carbonyl (C=O) groups is 3. The molecule has 8 nitrogen and oxygen atoms in total. The third-order valence-corrected chi connectivity index (χ3v) is 5.09.